The van der Waals surface area contributed by atoms with Crippen molar-refractivity contribution in [3.05, 3.63) is 45.1 Å². The number of aliphatic hydroxyl groups excluding tert-OH is 1. The quantitative estimate of drug-likeness (QED) is 0.361. The minimum atomic E-state index is -0.973. The molecule has 1 aromatic carbocycles. The van der Waals surface area contributed by atoms with E-state index in [1.165, 1.54) is 19.1 Å². The average molecular weight is 498 g/mol. The van der Waals surface area contributed by atoms with E-state index in [1.54, 1.807) is 17.0 Å². The highest BCUT2D eigenvalue weighted by molar-refractivity contribution is 7.97. The van der Waals surface area contributed by atoms with E-state index in [2.05, 4.69) is 10.0 Å². The van der Waals surface area contributed by atoms with Gasteiger partial charge in [-0.3, -0.25) is 14.4 Å². The number of nitrogens with zero attached hydrogens (tertiary/aromatic N) is 1. The number of methoxy groups -OCH3 is 1. The van der Waals surface area contributed by atoms with E-state index >= 15 is 0 Å². The summed E-state index contributed by atoms with van der Waals surface area (Å²) in [6.07, 6.45) is 0.0791. The largest absolute Gasteiger partial charge is 0.468 e. The second-order valence-electron chi connectivity index (χ2n) is 7.01. The molecule has 1 aliphatic heterocycles. The van der Waals surface area contributed by atoms with Gasteiger partial charge in [0.15, 0.2) is 0 Å². The van der Waals surface area contributed by atoms with E-state index in [0.29, 0.717) is 28.6 Å². The van der Waals surface area contributed by atoms with Crippen LogP contribution in [0.2, 0.25) is 4.34 Å². The average Bonchev–Trinajstić information content (AvgIpc) is 3.38. The molecule has 2 aromatic rings. The van der Waals surface area contributed by atoms with Crippen molar-refractivity contribution in [1.29, 1.82) is 0 Å². The van der Waals surface area contributed by atoms with E-state index in [9.17, 15) is 19.5 Å². The fraction of sp³-hybridized carbons (Fsp3) is 0.381. The minimum Gasteiger partial charge on any atom is -0.468 e. The third-order valence-corrected chi connectivity index (χ3v) is 7.23. The Morgan fingerprint density at radius 2 is 2.16 bits per heavy atom. The van der Waals surface area contributed by atoms with Gasteiger partial charge in [0.1, 0.15) is 12.1 Å². The van der Waals surface area contributed by atoms with Crippen LogP contribution in [0.1, 0.15) is 28.6 Å². The first-order valence-electron chi connectivity index (χ1n) is 10.0. The predicted octanol–water partition coefficient (Wildman–Crippen LogP) is 2.63. The normalized spacial score (nSPS) is 16.8. The standard InChI is InChI=1S/C21H24ClN3O5S2/c1-3-12-14(25-10-9-15(26)20(25)28)5-4-6-16(12)32-24-13(21(29)30-2)11-23-19(27)17-7-8-18(22)31-17/h4-8,13,15,24,26H,3,9-11H2,1-2H3,(H,23,27)/t13-,15-/m0/s1. The molecule has 2 amide bonds. The van der Waals surface area contributed by atoms with E-state index in [-0.39, 0.29) is 18.4 Å². The minimum absolute atomic E-state index is 0.0198. The molecule has 32 heavy (non-hydrogen) atoms. The smallest absolute Gasteiger partial charge is 0.325 e. The highest BCUT2D eigenvalue weighted by atomic mass is 35.5. The maximum absolute atomic E-state index is 12.3. The summed E-state index contributed by atoms with van der Waals surface area (Å²) < 4.78 is 8.43. The fourth-order valence-electron chi connectivity index (χ4n) is 3.33. The summed E-state index contributed by atoms with van der Waals surface area (Å²) in [7, 11) is 1.28. The molecule has 3 rings (SSSR count). The van der Waals surface area contributed by atoms with Crippen molar-refractivity contribution in [2.24, 2.45) is 0 Å². The van der Waals surface area contributed by atoms with Gasteiger partial charge in [0.25, 0.3) is 11.8 Å². The van der Waals surface area contributed by atoms with Gasteiger partial charge >= 0.3 is 5.97 Å². The molecule has 1 aromatic heterocycles. The number of anilines is 1. The summed E-state index contributed by atoms with van der Waals surface area (Å²) in [5.41, 5.74) is 1.67. The molecule has 8 nitrogen and oxygen atoms in total. The molecule has 0 unspecified atom stereocenters. The van der Waals surface area contributed by atoms with Gasteiger partial charge in [-0.2, -0.15) is 0 Å². The summed E-state index contributed by atoms with van der Waals surface area (Å²) >= 11 is 8.25. The number of carbonyl (C=O) groups is 3. The van der Waals surface area contributed by atoms with Crippen LogP contribution in [0.15, 0.2) is 35.2 Å². The molecule has 3 N–H and O–H groups in total. The first-order valence-corrected chi connectivity index (χ1v) is 12.0. The zero-order valence-corrected chi connectivity index (χ0v) is 20.0. The topological polar surface area (TPSA) is 108 Å². The van der Waals surface area contributed by atoms with Gasteiger partial charge in [-0.1, -0.05) is 24.6 Å². The molecule has 1 fully saturated rings. The fourth-order valence-corrected chi connectivity index (χ4v) is 5.26. The van der Waals surface area contributed by atoms with E-state index in [1.807, 2.05) is 25.1 Å². The van der Waals surface area contributed by atoms with Crippen molar-refractivity contribution in [2.75, 3.05) is 25.1 Å². The van der Waals surface area contributed by atoms with Gasteiger partial charge in [-0.05, 0) is 48.2 Å². The Labute approximate surface area is 199 Å². The number of amides is 2. The van der Waals surface area contributed by atoms with E-state index < -0.39 is 18.1 Å². The summed E-state index contributed by atoms with van der Waals surface area (Å²) in [6, 6.07) is 8.02. The molecular formula is C21H24ClN3O5S2. The number of rotatable bonds is 9. The van der Waals surface area contributed by atoms with Gasteiger partial charge in [0.2, 0.25) is 0 Å². The van der Waals surface area contributed by atoms with Crippen LogP contribution in [-0.4, -0.2) is 55.2 Å². The highest BCUT2D eigenvalue weighted by Crippen LogP contribution is 2.33. The first kappa shape index (κ1) is 24.5. The van der Waals surface area contributed by atoms with Gasteiger partial charge in [0.05, 0.1) is 16.3 Å². The lowest BCUT2D eigenvalue weighted by molar-refractivity contribution is -0.142. The van der Waals surface area contributed by atoms with Gasteiger partial charge in [0, 0.05) is 30.1 Å². The molecule has 0 spiro atoms. The summed E-state index contributed by atoms with van der Waals surface area (Å²) in [5.74, 6) is -1.15. The van der Waals surface area contributed by atoms with Crippen LogP contribution in [0.4, 0.5) is 5.69 Å². The lowest BCUT2D eigenvalue weighted by Gasteiger charge is -2.22. The third-order valence-electron chi connectivity index (χ3n) is 4.99. The number of carbonyl (C=O) groups excluding carboxylic acids is 3. The number of hydrogen-bond acceptors (Lipinski definition) is 8. The number of nitrogens with one attached hydrogen (secondary N) is 2. The second kappa shape index (κ2) is 11.2. The maximum Gasteiger partial charge on any atom is 0.325 e. The number of ether oxygens (including phenoxy) is 1. The van der Waals surface area contributed by atoms with Crippen LogP contribution in [0, 0.1) is 0 Å². The Hall–Kier alpha value is -2.11. The summed E-state index contributed by atoms with van der Waals surface area (Å²) in [5, 5.41) is 12.5. The molecule has 0 radical (unpaired) electrons. The number of esters is 1. The molecule has 1 saturated heterocycles. The number of halogens is 1. The maximum atomic E-state index is 12.3. The van der Waals surface area contributed by atoms with E-state index in [4.69, 9.17) is 16.3 Å². The Kier molecular flexibility index (Phi) is 8.55. The van der Waals surface area contributed by atoms with Crippen molar-refractivity contribution in [2.45, 2.75) is 36.8 Å². The lowest BCUT2D eigenvalue weighted by Crippen LogP contribution is -2.44. The number of hydrogen-bond donors (Lipinski definition) is 3. The Bertz CT molecular complexity index is 1000. The lowest BCUT2D eigenvalue weighted by atomic mass is 10.1. The second-order valence-corrected chi connectivity index (χ2v) is 9.61. The number of aliphatic hydroxyl groups is 1. The SMILES string of the molecule is CCc1c(SN[C@@H](CNC(=O)c2ccc(Cl)s2)C(=O)OC)cccc1N1CC[C@H](O)C1=O. The zero-order valence-electron chi connectivity index (χ0n) is 17.6. The molecule has 2 heterocycles. The van der Waals surface area contributed by atoms with Crippen molar-refractivity contribution >= 4 is 58.4 Å². The van der Waals surface area contributed by atoms with Crippen molar-refractivity contribution in [1.82, 2.24) is 10.0 Å². The zero-order chi connectivity index (χ0) is 23.3. The molecule has 172 valence electrons. The number of thiophene rings is 1. The van der Waals surface area contributed by atoms with Crippen LogP contribution in [-0.2, 0) is 20.7 Å². The van der Waals surface area contributed by atoms with Crippen molar-refractivity contribution in [3.8, 4) is 0 Å². The van der Waals surface area contributed by atoms with E-state index in [0.717, 1.165) is 27.5 Å². The molecule has 0 saturated carbocycles. The van der Waals surface area contributed by atoms with Crippen LogP contribution >= 0.6 is 34.9 Å². The highest BCUT2D eigenvalue weighted by Gasteiger charge is 2.32. The van der Waals surface area contributed by atoms with Crippen molar-refractivity contribution in [3.63, 3.8) is 0 Å². The van der Waals surface area contributed by atoms with Crippen LogP contribution in [0.25, 0.3) is 0 Å². The monoisotopic (exact) mass is 497 g/mol. The third kappa shape index (κ3) is 5.62. The number of benzene rings is 1. The van der Waals surface area contributed by atoms with Crippen LogP contribution in [0.5, 0.6) is 0 Å². The predicted molar refractivity (Wildman–Crippen MR) is 125 cm³/mol. The summed E-state index contributed by atoms with van der Waals surface area (Å²) in [4.78, 5) is 39.7. The van der Waals surface area contributed by atoms with Crippen LogP contribution < -0.4 is 14.9 Å². The van der Waals surface area contributed by atoms with Crippen LogP contribution in [0.3, 0.4) is 0 Å². The molecule has 1 aliphatic rings. The Morgan fingerprint density at radius 3 is 2.75 bits per heavy atom. The Morgan fingerprint density at radius 1 is 1.38 bits per heavy atom. The molecule has 0 aliphatic carbocycles. The Balaban J connectivity index is 1.70. The molecular weight excluding hydrogens is 474 g/mol. The van der Waals surface area contributed by atoms with Crippen molar-refractivity contribution < 1.29 is 24.2 Å². The molecule has 2 atom stereocenters. The van der Waals surface area contributed by atoms with Gasteiger partial charge in [-0.25, -0.2) is 4.72 Å². The first-order chi connectivity index (χ1) is 15.3. The van der Waals surface area contributed by atoms with Gasteiger partial charge < -0.3 is 20.1 Å². The molecule has 11 heteroatoms. The van der Waals surface area contributed by atoms with Gasteiger partial charge in [-0.15, -0.1) is 11.3 Å². The molecule has 0 bridgehead atoms. The summed E-state index contributed by atoms with van der Waals surface area (Å²) in [6.45, 7) is 2.45.